The van der Waals surface area contributed by atoms with Gasteiger partial charge in [-0.25, -0.2) is 14.6 Å². The molecule has 0 saturated heterocycles. The highest BCUT2D eigenvalue weighted by molar-refractivity contribution is 5.84. The molecule has 0 bridgehead atoms. The lowest BCUT2D eigenvalue weighted by molar-refractivity contribution is -0.193. The predicted octanol–water partition coefficient (Wildman–Crippen LogP) is 3.56. The first kappa shape index (κ1) is 27.7. The lowest BCUT2D eigenvalue weighted by atomic mass is 9.87. The topological polar surface area (TPSA) is 168 Å². The number of fused-ring (bicyclic) bond motifs is 3. The average Bonchev–Trinajstić information content (AvgIpc) is 3.42. The zero-order valence-electron chi connectivity index (χ0n) is 18.0. The van der Waals surface area contributed by atoms with Crippen LogP contribution in [0.25, 0.3) is 22.6 Å². The summed E-state index contributed by atoms with van der Waals surface area (Å²) in [5.74, 6) is -4.64. The molecule has 192 valence electrons. The summed E-state index contributed by atoms with van der Waals surface area (Å²) in [6.45, 7) is 0. The number of pyridine rings is 1. The van der Waals surface area contributed by atoms with E-state index in [9.17, 15) is 31.6 Å². The number of alkyl halides is 6. The number of hydrogen-bond donors (Lipinski definition) is 3. The highest BCUT2D eigenvalue weighted by atomic mass is 19.4. The van der Waals surface area contributed by atoms with Crippen LogP contribution < -0.4 is 5.73 Å². The Bertz CT molecular complexity index is 1280. The summed E-state index contributed by atoms with van der Waals surface area (Å²) in [6.07, 6.45) is -5.14. The highest BCUT2D eigenvalue weighted by Gasteiger charge is 2.39. The maximum absolute atomic E-state index is 10.6. The van der Waals surface area contributed by atoms with Gasteiger partial charge in [0.25, 0.3) is 0 Å². The fourth-order valence-corrected chi connectivity index (χ4v) is 3.11. The van der Waals surface area contributed by atoms with Crippen molar-refractivity contribution >= 4 is 17.8 Å². The molecule has 3 heterocycles. The average molecular weight is 519 g/mol. The van der Waals surface area contributed by atoms with Crippen LogP contribution in [0.3, 0.4) is 0 Å². The van der Waals surface area contributed by atoms with E-state index in [-0.39, 0.29) is 5.82 Å². The summed E-state index contributed by atoms with van der Waals surface area (Å²) in [5.41, 5.74) is 11.1. The van der Waals surface area contributed by atoms with Gasteiger partial charge in [-0.2, -0.15) is 36.7 Å². The number of hydrogen-bond acceptors (Lipinski definition) is 7. The number of aromatic nitrogens is 3. The number of carbonyl (C=O) groups is 2. The number of nitrogens with two attached hydrogens (primary N) is 1. The maximum Gasteiger partial charge on any atom is 0.490 e. The van der Waals surface area contributed by atoms with E-state index in [1.807, 2.05) is 17.8 Å². The van der Waals surface area contributed by atoms with Gasteiger partial charge in [0, 0.05) is 23.9 Å². The number of halogens is 6. The smallest absolute Gasteiger partial charge is 0.475 e. The van der Waals surface area contributed by atoms with Gasteiger partial charge < -0.3 is 20.4 Å². The SMILES string of the molecule is Cn1ncc2c1CCc1c-2nc(N)c(C#N)c1-c1ccco1.O=C(O)C(F)(F)F.O=C(O)C(F)(F)F. The number of nitrogens with zero attached hydrogens (tertiary/aromatic N) is 4. The van der Waals surface area contributed by atoms with E-state index in [1.165, 1.54) is 0 Å². The monoisotopic (exact) mass is 519 g/mol. The molecule has 36 heavy (non-hydrogen) atoms. The lowest BCUT2D eigenvalue weighted by Crippen LogP contribution is -2.21. The summed E-state index contributed by atoms with van der Waals surface area (Å²) in [4.78, 5) is 22.3. The molecule has 10 nitrogen and oxygen atoms in total. The first-order valence-corrected chi connectivity index (χ1v) is 9.47. The van der Waals surface area contributed by atoms with E-state index in [0.717, 1.165) is 40.9 Å². The number of furan rings is 1. The van der Waals surface area contributed by atoms with Crippen molar-refractivity contribution < 1.29 is 50.6 Å². The van der Waals surface area contributed by atoms with Crippen molar-refractivity contribution in [1.82, 2.24) is 14.8 Å². The minimum absolute atomic E-state index is 0.226. The molecule has 0 aliphatic heterocycles. The minimum atomic E-state index is -5.08. The van der Waals surface area contributed by atoms with Crippen molar-refractivity contribution in [2.75, 3.05) is 5.73 Å². The van der Waals surface area contributed by atoms with Crippen molar-refractivity contribution in [3.63, 3.8) is 0 Å². The number of carboxylic acid groups (broad SMARTS) is 2. The molecule has 16 heteroatoms. The first-order chi connectivity index (χ1) is 16.6. The second-order valence-corrected chi connectivity index (χ2v) is 6.90. The summed E-state index contributed by atoms with van der Waals surface area (Å²) in [5, 5.41) is 28.0. The Kier molecular flexibility index (Phi) is 7.98. The lowest BCUT2D eigenvalue weighted by Gasteiger charge is -2.20. The highest BCUT2D eigenvalue weighted by Crippen LogP contribution is 2.40. The van der Waals surface area contributed by atoms with Gasteiger partial charge in [-0.1, -0.05) is 0 Å². The van der Waals surface area contributed by atoms with Crippen LogP contribution in [0.1, 0.15) is 16.8 Å². The standard InChI is InChI=1S/C16H13N5O.2C2HF3O2/c1-21-12-5-4-9-14(13-3-2-6-22-13)10(7-17)16(18)20-15(9)11(12)8-19-21;2*3-2(4,5)1(6)7/h2-3,6,8H,4-5H2,1H3,(H2,18,20);2*(H,6,7). The fraction of sp³-hybridized carbons (Fsp3) is 0.250. The Morgan fingerprint density at radius 1 is 1.14 bits per heavy atom. The van der Waals surface area contributed by atoms with Gasteiger partial charge in [-0.3, -0.25) is 4.68 Å². The summed E-state index contributed by atoms with van der Waals surface area (Å²) < 4.78 is 70.9. The fourth-order valence-electron chi connectivity index (χ4n) is 3.11. The molecule has 3 aromatic rings. The van der Waals surface area contributed by atoms with Crippen LogP contribution in [-0.2, 0) is 29.5 Å². The Labute approximate surface area is 197 Å². The molecule has 1 aliphatic carbocycles. The van der Waals surface area contributed by atoms with Gasteiger partial charge in [0.05, 0.1) is 18.2 Å². The van der Waals surface area contributed by atoms with Crippen LogP contribution in [-0.4, -0.2) is 49.3 Å². The molecule has 0 fully saturated rings. The van der Waals surface area contributed by atoms with Gasteiger partial charge in [0.1, 0.15) is 23.2 Å². The molecule has 0 unspecified atom stereocenters. The number of nitrogen functional groups attached to an aromatic ring is 1. The quantitative estimate of drug-likeness (QED) is 0.407. The Hall–Kier alpha value is -4.55. The van der Waals surface area contributed by atoms with Crippen LogP contribution in [0, 0.1) is 11.3 Å². The number of anilines is 1. The molecule has 4 rings (SSSR count). The van der Waals surface area contributed by atoms with Crippen LogP contribution in [0.4, 0.5) is 32.2 Å². The van der Waals surface area contributed by atoms with Crippen LogP contribution >= 0.6 is 0 Å². The Morgan fingerprint density at radius 3 is 2.14 bits per heavy atom. The second-order valence-electron chi connectivity index (χ2n) is 6.90. The van der Waals surface area contributed by atoms with Crippen LogP contribution in [0.2, 0.25) is 0 Å². The van der Waals surface area contributed by atoms with E-state index < -0.39 is 24.3 Å². The molecular weight excluding hydrogens is 504 g/mol. The summed E-state index contributed by atoms with van der Waals surface area (Å²) in [7, 11) is 1.92. The van der Waals surface area contributed by atoms with Crippen molar-refractivity contribution in [2.45, 2.75) is 25.2 Å². The van der Waals surface area contributed by atoms with Crippen molar-refractivity contribution in [3.05, 3.63) is 41.4 Å². The molecule has 0 aromatic carbocycles. The minimum Gasteiger partial charge on any atom is -0.475 e. The van der Waals surface area contributed by atoms with Gasteiger partial charge in [-0.15, -0.1) is 0 Å². The molecule has 0 amide bonds. The molecular formula is C20H15F6N5O5. The number of carboxylic acids is 2. The number of aliphatic carboxylic acids is 2. The summed E-state index contributed by atoms with van der Waals surface area (Å²) in [6, 6.07) is 5.81. The normalized spacial score (nSPS) is 12.1. The third kappa shape index (κ3) is 6.11. The first-order valence-electron chi connectivity index (χ1n) is 9.47. The van der Waals surface area contributed by atoms with Crippen molar-refractivity contribution in [3.8, 4) is 28.7 Å². The number of nitriles is 1. The molecule has 0 spiro atoms. The Morgan fingerprint density at radius 2 is 1.69 bits per heavy atom. The van der Waals surface area contributed by atoms with E-state index in [4.69, 9.17) is 30.0 Å². The zero-order chi connectivity index (χ0) is 27.4. The second kappa shape index (κ2) is 10.4. The molecule has 0 radical (unpaired) electrons. The van der Waals surface area contributed by atoms with Crippen molar-refractivity contribution in [1.29, 1.82) is 5.26 Å². The van der Waals surface area contributed by atoms with Crippen LogP contribution in [0.15, 0.2) is 29.0 Å². The van der Waals surface area contributed by atoms with Gasteiger partial charge in [0.2, 0.25) is 0 Å². The van der Waals surface area contributed by atoms with Gasteiger partial charge >= 0.3 is 24.3 Å². The molecule has 0 saturated carbocycles. The maximum atomic E-state index is 10.6. The van der Waals surface area contributed by atoms with E-state index >= 15 is 0 Å². The van der Waals surface area contributed by atoms with E-state index in [1.54, 1.807) is 18.5 Å². The summed E-state index contributed by atoms with van der Waals surface area (Å²) >= 11 is 0. The van der Waals surface area contributed by atoms with Gasteiger partial charge in [0.15, 0.2) is 0 Å². The van der Waals surface area contributed by atoms with Gasteiger partial charge in [-0.05, 0) is 30.5 Å². The Balaban J connectivity index is 0.000000271. The predicted molar refractivity (Wildman–Crippen MR) is 108 cm³/mol. The molecule has 1 aliphatic rings. The van der Waals surface area contributed by atoms with E-state index in [0.29, 0.717) is 11.3 Å². The molecule has 3 aromatic heterocycles. The van der Waals surface area contributed by atoms with Crippen LogP contribution in [0.5, 0.6) is 0 Å². The third-order valence-corrected chi connectivity index (χ3v) is 4.62. The molecule has 0 atom stereocenters. The third-order valence-electron chi connectivity index (χ3n) is 4.62. The zero-order valence-corrected chi connectivity index (χ0v) is 18.0. The molecule has 4 N–H and O–H groups in total. The number of rotatable bonds is 1. The van der Waals surface area contributed by atoms with E-state index in [2.05, 4.69) is 16.2 Å². The number of aryl methyl sites for hydroxylation is 1. The largest absolute Gasteiger partial charge is 0.490 e. The van der Waals surface area contributed by atoms with Crippen molar-refractivity contribution in [2.24, 2.45) is 7.05 Å².